The van der Waals surface area contributed by atoms with Crippen molar-refractivity contribution < 1.29 is 4.79 Å². The maximum absolute atomic E-state index is 12.8. The average Bonchev–Trinajstić information content (AvgIpc) is 2.65. The van der Waals surface area contributed by atoms with Crippen LogP contribution in [-0.4, -0.2) is 23.9 Å². The van der Waals surface area contributed by atoms with Crippen LogP contribution in [0.3, 0.4) is 0 Å². The van der Waals surface area contributed by atoms with Crippen LogP contribution >= 0.6 is 31.9 Å². The Morgan fingerprint density at radius 2 is 1.65 bits per heavy atom. The fraction of sp³-hybridized carbons (Fsp3) is 0.667. The number of halogens is 2. The third-order valence-electron chi connectivity index (χ3n) is 5.98. The summed E-state index contributed by atoms with van der Waals surface area (Å²) < 4.78 is 2.01. The largest absolute Gasteiger partial charge is 0.325 e. The number of hydrogen-bond acceptors (Lipinski definition) is 2. The highest BCUT2D eigenvalue weighted by Gasteiger charge is 2.24. The number of hydrogen-bond donors (Lipinski definition) is 1. The molecule has 0 spiro atoms. The highest BCUT2D eigenvalue weighted by Crippen LogP contribution is 2.34. The molecular weight excluding hydrogens is 456 g/mol. The first-order chi connectivity index (χ1) is 12.5. The van der Waals surface area contributed by atoms with E-state index < -0.39 is 0 Å². The summed E-state index contributed by atoms with van der Waals surface area (Å²) in [5, 5.41) is 3.25. The lowest BCUT2D eigenvalue weighted by atomic mass is 9.88. The van der Waals surface area contributed by atoms with E-state index >= 15 is 0 Å². The van der Waals surface area contributed by atoms with Crippen molar-refractivity contribution in [1.82, 2.24) is 4.90 Å². The third-order valence-corrected chi connectivity index (χ3v) is 7.06. The molecule has 1 N–H and O–H groups in total. The van der Waals surface area contributed by atoms with Gasteiger partial charge in [-0.3, -0.25) is 9.69 Å². The molecule has 0 unspecified atom stereocenters. The van der Waals surface area contributed by atoms with Crippen LogP contribution < -0.4 is 5.32 Å². The average molecular weight is 486 g/mol. The molecule has 0 aliphatic heterocycles. The van der Waals surface area contributed by atoms with Gasteiger partial charge < -0.3 is 5.32 Å². The van der Waals surface area contributed by atoms with E-state index in [1.807, 2.05) is 6.07 Å². The molecule has 0 radical (unpaired) electrons. The fourth-order valence-electron chi connectivity index (χ4n) is 4.40. The van der Waals surface area contributed by atoms with Crippen molar-refractivity contribution in [1.29, 1.82) is 0 Å². The number of carbonyl (C=O) groups is 1. The van der Waals surface area contributed by atoms with E-state index in [0.717, 1.165) is 34.0 Å². The van der Waals surface area contributed by atoms with Crippen LogP contribution in [0.25, 0.3) is 0 Å². The van der Waals surface area contributed by atoms with E-state index in [2.05, 4.69) is 55.2 Å². The molecule has 2 aliphatic rings. The first kappa shape index (κ1) is 20.3. The molecular formula is C21H30Br2N2O. The molecule has 1 aromatic carbocycles. The number of rotatable bonds is 5. The Labute approximate surface area is 174 Å². The van der Waals surface area contributed by atoms with Gasteiger partial charge in [0.05, 0.1) is 5.69 Å². The van der Waals surface area contributed by atoms with Crippen molar-refractivity contribution in [2.45, 2.75) is 76.8 Å². The number of benzene rings is 1. The van der Waals surface area contributed by atoms with Gasteiger partial charge in [0.25, 0.3) is 0 Å². The number of anilines is 1. The second kappa shape index (κ2) is 9.70. The van der Waals surface area contributed by atoms with Crippen LogP contribution in [0.4, 0.5) is 5.69 Å². The number of amides is 1. The van der Waals surface area contributed by atoms with Gasteiger partial charge in [-0.15, -0.1) is 0 Å². The Hall–Kier alpha value is -0.390. The molecule has 0 saturated heterocycles. The van der Waals surface area contributed by atoms with Gasteiger partial charge in [-0.05, 0) is 66.4 Å². The molecule has 1 amide bonds. The molecule has 2 fully saturated rings. The summed E-state index contributed by atoms with van der Waals surface area (Å²) >= 11 is 7.29. The molecule has 26 heavy (non-hydrogen) atoms. The summed E-state index contributed by atoms with van der Waals surface area (Å²) in [6.45, 7) is 0.864. The monoisotopic (exact) mass is 484 g/mol. The highest BCUT2D eigenvalue weighted by atomic mass is 79.9. The quantitative estimate of drug-likeness (QED) is 0.516. The van der Waals surface area contributed by atoms with Crippen molar-refractivity contribution in [3.05, 3.63) is 26.6 Å². The Morgan fingerprint density at radius 1 is 1.04 bits per heavy atom. The predicted octanol–water partition coefficient (Wildman–Crippen LogP) is 6.49. The van der Waals surface area contributed by atoms with Gasteiger partial charge in [0.1, 0.15) is 0 Å². The number of nitrogens with one attached hydrogen (secondary N) is 1. The lowest BCUT2D eigenvalue weighted by molar-refractivity contribution is -0.120. The van der Waals surface area contributed by atoms with Crippen molar-refractivity contribution in [3.8, 4) is 0 Å². The van der Waals surface area contributed by atoms with Gasteiger partial charge in [0, 0.05) is 27.4 Å². The van der Waals surface area contributed by atoms with Gasteiger partial charge in [-0.1, -0.05) is 54.5 Å². The van der Waals surface area contributed by atoms with Gasteiger partial charge in [0.2, 0.25) is 5.91 Å². The number of carbonyl (C=O) groups excluding carboxylic acids is 1. The molecule has 0 atom stereocenters. The van der Waals surface area contributed by atoms with Gasteiger partial charge in [-0.25, -0.2) is 0 Å². The first-order valence-electron chi connectivity index (χ1n) is 10.0. The smallest absolute Gasteiger partial charge is 0.227 e. The SMILES string of the molecule is CN(Cc1cc(Br)cc(Br)c1NC(=O)C1CCCCC1)C1CCCCC1. The minimum absolute atomic E-state index is 0.170. The summed E-state index contributed by atoms with van der Waals surface area (Å²) in [7, 11) is 2.22. The zero-order chi connectivity index (χ0) is 18.5. The lowest BCUT2D eigenvalue weighted by Crippen LogP contribution is -2.33. The summed E-state index contributed by atoms with van der Waals surface area (Å²) in [6.07, 6.45) is 12.3. The van der Waals surface area contributed by atoms with E-state index in [0.29, 0.717) is 6.04 Å². The minimum atomic E-state index is 0.170. The Bertz CT molecular complexity index is 623. The molecule has 5 heteroatoms. The Balaban J connectivity index is 1.74. The minimum Gasteiger partial charge on any atom is -0.325 e. The van der Waals surface area contributed by atoms with E-state index in [1.165, 1.54) is 56.9 Å². The summed E-state index contributed by atoms with van der Waals surface area (Å²) in [5.41, 5.74) is 2.13. The van der Waals surface area contributed by atoms with Crippen molar-refractivity contribution in [2.75, 3.05) is 12.4 Å². The third kappa shape index (κ3) is 5.32. The van der Waals surface area contributed by atoms with E-state index in [-0.39, 0.29) is 11.8 Å². The zero-order valence-electron chi connectivity index (χ0n) is 15.7. The van der Waals surface area contributed by atoms with Gasteiger partial charge >= 0.3 is 0 Å². The van der Waals surface area contributed by atoms with E-state index in [9.17, 15) is 4.79 Å². The van der Waals surface area contributed by atoms with Gasteiger partial charge in [-0.2, -0.15) is 0 Å². The van der Waals surface area contributed by atoms with Gasteiger partial charge in [0.15, 0.2) is 0 Å². The normalized spacial score (nSPS) is 19.7. The van der Waals surface area contributed by atoms with E-state index in [1.54, 1.807) is 0 Å². The Kier molecular flexibility index (Phi) is 7.59. The molecule has 0 aromatic heterocycles. The topological polar surface area (TPSA) is 32.3 Å². The second-order valence-electron chi connectivity index (χ2n) is 7.95. The van der Waals surface area contributed by atoms with Crippen molar-refractivity contribution >= 4 is 43.5 Å². The number of nitrogens with zero attached hydrogens (tertiary/aromatic N) is 1. The van der Waals surface area contributed by atoms with E-state index in [4.69, 9.17) is 0 Å². The molecule has 2 aliphatic carbocycles. The Morgan fingerprint density at radius 3 is 2.31 bits per heavy atom. The van der Waals surface area contributed by atoms with Crippen LogP contribution in [0.15, 0.2) is 21.1 Å². The highest BCUT2D eigenvalue weighted by molar-refractivity contribution is 9.11. The molecule has 3 nitrogen and oxygen atoms in total. The summed E-state index contributed by atoms with van der Waals surface area (Å²) in [5.74, 6) is 0.359. The maximum atomic E-state index is 12.8. The van der Waals surface area contributed by atoms with Crippen molar-refractivity contribution in [2.24, 2.45) is 5.92 Å². The van der Waals surface area contributed by atoms with Crippen LogP contribution in [-0.2, 0) is 11.3 Å². The summed E-state index contributed by atoms with van der Waals surface area (Å²) in [4.78, 5) is 15.2. The fourth-order valence-corrected chi connectivity index (χ4v) is 5.81. The first-order valence-corrected chi connectivity index (χ1v) is 11.6. The summed E-state index contributed by atoms with van der Waals surface area (Å²) in [6, 6.07) is 4.84. The second-order valence-corrected chi connectivity index (χ2v) is 9.72. The molecule has 3 rings (SSSR count). The van der Waals surface area contributed by atoms with Crippen LogP contribution in [0.5, 0.6) is 0 Å². The molecule has 144 valence electrons. The maximum Gasteiger partial charge on any atom is 0.227 e. The molecule has 1 aromatic rings. The molecule has 0 heterocycles. The molecule has 0 bridgehead atoms. The van der Waals surface area contributed by atoms with Crippen molar-refractivity contribution in [3.63, 3.8) is 0 Å². The van der Waals surface area contributed by atoms with Crippen LogP contribution in [0.1, 0.15) is 69.8 Å². The zero-order valence-corrected chi connectivity index (χ0v) is 18.9. The van der Waals surface area contributed by atoms with Crippen LogP contribution in [0, 0.1) is 5.92 Å². The predicted molar refractivity (Wildman–Crippen MR) is 115 cm³/mol. The standard InChI is InChI=1S/C21H30Br2N2O/c1-25(18-10-6-3-7-11-18)14-16-12-17(22)13-19(23)20(16)24-21(26)15-8-4-2-5-9-15/h12-13,15,18H,2-11,14H2,1H3,(H,24,26). The molecule has 2 saturated carbocycles. The lowest BCUT2D eigenvalue weighted by Gasteiger charge is -2.32. The van der Waals surface area contributed by atoms with Crippen LogP contribution in [0.2, 0.25) is 0 Å².